The molecule has 0 aliphatic rings. The van der Waals surface area contributed by atoms with E-state index >= 15 is 0 Å². The molecule has 4 heteroatoms. The van der Waals surface area contributed by atoms with Gasteiger partial charge >= 0.3 is 0 Å². The van der Waals surface area contributed by atoms with Crippen LogP contribution in [0.5, 0.6) is 0 Å². The van der Waals surface area contributed by atoms with Gasteiger partial charge in [-0.1, -0.05) is 13.0 Å². The number of pyridine rings is 2. The summed E-state index contributed by atoms with van der Waals surface area (Å²) in [6, 6.07) is 9.77. The van der Waals surface area contributed by atoms with Crippen molar-refractivity contribution in [2.75, 3.05) is 0 Å². The van der Waals surface area contributed by atoms with Crippen molar-refractivity contribution in [1.29, 1.82) is 0 Å². The molecular formula is C14H14N4. The Labute approximate surface area is 105 Å². The lowest BCUT2D eigenvalue weighted by atomic mass is 10.3. The van der Waals surface area contributed by atoms with Gasteiger partial charge in [-0.2, -0.15) is 0 Å². The Balaban J connectivity index is 2.28. The van der Waals surface area contributed by atoms with Crippen LogP contribution >= 0.6 is 0 Å². The van der Waals surface area contributed by atoms with Crippen LogP contribution in [0.15, 0.2) is 42.7 Å². The molecule has 0 radical (unpaired) electrons. The third-order valence-electron chi connectivity index (χ3n) is 2.84. The predicted molar refractivity (Wildman–Crippen MR) is 70.7 cm³/mol. The highest BCUT2D eigenvalue weighted by molar-refractivity contribution is 5.73. The Morgan fingerprint density at radius 3 is 2.72 bits per heavy atom. The fourth-order valence-electron chi connectivity index (χ4n) is 2.08. The minimum Gasteiger partial charge on any atom is -0.264 e. The van der Waals surface area contributed by atoms with E-state index < -0.39 is 0 Å². The maximum atomic E-state index is 4.64. The van der Waals surface area contributed by atoms with Crippen LogP contribution in [0.2, 0.25) is 0 Å². The lowest BCUT2D eigenvalue weighted by molar-refractivity contribution is 0.805. The number of hydrogen-bond acceptors (Lipinski definition) is 3. The molecule has 0 saturated carbocycles. The van der Waals surface area contributed by atoms with Gasteiger partial charge in [0.1, 0.15) is 17.2 Å². The molecule has 0 bridgehead atoms. The highest BCUT2D eigenvalue weighted by Crippen LogP contribution is 2.18. The van der Waals surface area contributed by atoms with E-state index in [1.165, 1.54) is 0 Å². The smallest absolute Gasteiger partial charge is 0.165 e. The van der Waals surface area contributed by atoms with Crippen molar-refractivity contribution in [3.63, 3.8) is 0 Å². The van der Waals surface area contributed by atoms with Gasteiger partial charge in [0.05, 0.1) is 0 Å². The largest absolute Gasteiger partial charge is 0.264 e. The molecule has 0 saturated heterocycles. The fraction of sp³-hybridized carbons (Fsp3) is 0.214. The number of fused-ring (bicyclic) bond motifs is 1. The second kappa shape index (κ2) is 4.56. The first-order valence-corrected chi connectivity index (χ1v) is 6.14. The van der Waals surface area contributed by atoms with Gasteiger partial charge in [-0.15, -0.1) is 0 Å². The minimum atomic E-state index is 0.875. The SMILES string of the molecule is CCCc1nc2cccnc2n1-c1ccccn1. The average molecular weight is 238 g/mol. The number of aryl methyl sites for hydroxylation is 1. The molecule has 3 heterocycles. The van der Waals surface area contributed by atoms with E-state index in [1.807, 2.05) is 34.9 Å². The van der Waals surface area contributed by atoms with Crippen molar-refractivity contribution in [2.24, 2.45) is 0 Å². The van der Waals surface area contributed by atoms with Crippen LogP contribution in [0.4, 0.5) is 0 Å². The van der Waals surface area contributed by atoms with Gasteiger partial charge in [-0.25, -0.2) is 15.0 Å². The van der Waals surface area contributed by atoms with Gasteiger partial charge < -0.3 is 0 Å². The van der Waals surface area contributed by atoms with E-state index in [2.05, 4.69) is 21.9 Å². The number of imidazole rings is 1. The zero-order valence-electron chi connectivity index (χ0n) is 10.2. The van der Waals surface area contributed by atoms with E-state index in [0.717, 1.165) is 35.6 Å². The first-order valence-electron chi connectivity index (χ1n) is 6.14. The molecule has 0 fully saturated rings. The molecule has 0 unspecified atom stereocenters. The molecule has 3 aromatic heterocycles. The van der Waals surface area contributed by atoms with Crippen molar-refractivity contribution in [3.05, 3.63) is 48.5 Å². The fourth-order valence-corrected chi connectivity index (χ4v) is 2.08. The molecule has 90 valence electrons. The lowest BCUT2D eigenvalue weighted by Gasteiger charge is -2.06. The van der Waals surface area contributed by atoms with Gasteiger partial charge in [-0.3, -0.25) is 4.57 Å². The van der Waals surface area contributed by atoms with Gasteiger partial charge in [0.25, 0.3) is 0 Å². The quantitative estimate of drug-likeness (QED) is 0.704. The predicted octanol–water partition coefficient (Wildman–Crippen LogP) is 2.77. The van der Waals surface area contributed by atoms with Crippen LogP contribution in [0.1, 0.15) is 19.2 Å². The van der Waals surface area contributed by atoms with Crippen molar-refractivity contribution in [1.82, 2.24) is 19.5 Å². The molecule has 3 aromatic rings. The van der Waals surface area contributed by atoms with E-state index in [-0.39, 0.29) is 0 Å². The average Bonchev–Trinajstić information content (AvgIpc) is 2.78. The van der Waals surface area contributed by atoms with Crippen LogP contribution in [0.25, 0.3) is 17.0 Å². The summed E-state index contributed by atoms with van der Waals surface area (Å²) in [7, 11) is 0. The molecule has 4 nitrogen and oxygen atoms in total. The summed E-state index contributed by atoms with van der Waals surface area (Å²) in [5, 5.41) is 0. The van der Waals surface area contributed by atoms with Crippen molar-refractivity contribution in [3.8, 4) is 5.82 Å². The molecule has 0 aliphatic heterocycles. The highest BCUT2D eigenvalue weighted by Gasteiger charge is 2.12. The molecule has 3 rings (SSSR count). The maximum absolute atomic E-state index is 4.64. The normalized spacial score (nSPS) is 10.9. The maximum Gasteiger partial charge on any atom is 0.165 e. The molecular weight excluding hydrogens is 224 g/mol. The third-order valence-corrected chi connectivity index (χ3v) is 2.84. The van der Waals surface area contributed by atoms with Crippen molar-refractivity contribution in [2.45, 2.75) is 19.8 Å². The molecule has 0 N–H and O–H groups in total. The van der Waals surface area contributed by atoms with Crippen molar-refractivity contribution < 1.29 is 0 Å². The summed E-state index contributed by atoms with van der Waals surface area (Å²) in [5.74, 6) is 1.90. The number of aromatic nitrogens is 4. The molecule has 0 spiro atoms. The van der Waals surface area contributed by atoms with E-state index in [9.17, 15) is 0 Å². The van der Waals surface area contributed by atoms with Crippen LogP contribution in [-0.4, -0.2) is 19.5 Å². The Kier molecular flexibility index (Phi) is 2.76. The second-order valence-electron chi connectivity index (χ2n) is 4.15. The van der Waals surface area contributed by atoms with Gasteiger partial charge in [0.2, 0.25) is 0 Å². The summed E-state index contributed by atoms with van der Waals surface area (Å²) in [5.41, 5.74) is 1.80. The summed E-state index contributed by atoms with van der Waals surface area (Å²) in [6.07, 6.45) is 5.56. The van der Waals surface area contributed by atoms with Gasteiger partial charge in [0.15, 0.2) is 5.65 Å². The zero-order chi connectivity index (χ0) is 12.4. The highest BCUT2D eigenvalue weighted by atomic mass is 15.2. The summed E-state index contributed by atoms with van der Waals surface area (Å²) in [4.78, 5) is 13.5. The molecule has 0 atom stereocenters. The van der Waals surface area contributed by atoms with Crippen LogP contribution < -0.4 is 0 Å². The standard InChI is InChI=1S/C14H14N4/c1-2-6-13-17-11-7-5-10-16-14(11)18(13)12-8-3-4-9-15-12/h3-5,7-10H,2,6H2,1H3. The zero-order valence-corrected chi connectivity index (χ0v) is 10.2. The Morgan fingerprint density at radius 1 is 1.06 bits per heavy atom. The molecule has 18 heavy (non-hydrogen) atoms. The Morgan fingerprint density at radius 2 is 1.94 bits per heavy atom. The first kappa shape index (κ1) is 10.9. The summed E-state index contributed by atoms with van der Waals surface area (Å²) < 4.78 is 2.04. The van der Waals surface area contributed by atoms with Crippen LogP contribution in [-0.2, 0) is 6.42 Å². The van der Waals surface area contributed by atoms with Gasteiger partial charge in [-0.05, 0) is 30.7 Å². The van der Waals surface area contributed by atoms with E-state index in [1.54, 1.807) is 12.4 Å². The number of nitrogens with zero attached hydrogens (tertiary/aromatic N) is 4. The Bertz CT molecular complexity index is 658. The van der Waals surface area contributed by atoms with Crippen LogP contribution in [0.3, 0.4) is 0 Å². The van der Waals surface area contributed by atoms with E-state index in [0.29, 0.717) is 0 Å². The summed E-state index contributed by atoms with van der Waals surface area (Å²) in [6.45, 7) is 2.15. The van der Waals surface area contributed by atoms with E-state index in [4.69, 9.17) is 0 Å². The molecule has 0 aromatic carbocycles. The first-order chi connectivity index (χ1) is 8.90. The second-order valence-corrected chi connectivity index (χ2v) is 4.15. The van der Waals surface area contributed by atoms with Crippen LogP contribution in [0, 0.1) is 0 Å². The van der Waals surface area contributed by atoms with Crippen molar-refractivity contribution >= 4 is 11.2 Å². The molecule has 0 aliphatic carbocycles. The third kappa shape index (κ3) is 1.76. The monoisotopic (exact) mass is 238 g/mol. The summed E-state index contributed by atoms with van der Waals surface area (Å²) >= 11 is 0. The lowest BCUT2D eigenvalue weighted by Crippen LogP contribution is -2.03. The topological polar surface area (TPSA) is 43.6 Å². The number of hydrogen-bond donors (Lipinski definition) is 0. The minimum absolute atomic E-state index is 0.875. The Hall–Kier alpha value is -2.23. The van der Waals surface area contributed by atoms with Gasteiger partial charge in [0, 0.05) is 18.8 Å². The molecule has 0 amide bonds. The number of rotatable bonds is 3.